The zero-order valence-corrected chi connectivity index (χ0v) is 18.1. The molecule has 0 aromatic heterocycles. The Labute approximate surface area is 181 Å². The maximum absolute atomic E-state index is 13.0. The quantitative estimate of drug-likeness (QED) is 0.597. The largest absolute Gasteiger partial charge is 0.363 e. The molecule has 2 heterocycles. The molecule has 0 spiro atoms. The fourth-order valence-corrected chi connectivity index (χ4v) is 4.40. The van der Waals surface area contributed by atoms with E-state index in [1.54, 1.807) is 36.4 Å². The van der Waals surface area contributed by atoms with Crippen LogP contribution in [0.4, 0.5) is 16.2 Å². The van der Waals surface area contributed by atoms with Crippen molar-refractivity contribution in [2.45, 2.75) is 33.2 Å². The molecule has 1 saturated heterocycles. The van der Waals surface area contributed by atoms with Gasteiger partial charge in [0.15, 0.2) is 0 Å². The number of nitrogens with one attached hydrogen (secondary N) is 1. The minimum absolute atomic E-state index is 0.0754. The maximum Gasteiger partial charge on any atom is 0.335 e. The average Bonchev–Trinajstić information content (AvgIpc) is 2.72. The Morgan fingerprint density at radius 3 is 2.42 bits per heavy atom. The Morgan fingerprint density at radius 2 is 1.74 bits per heavy atom. The lowest BCUT2D eigenvalue weighted by Gasteiger charge is -2.42. The fourth-order valence-electron chi connectivity index (χ4n) is 4.40. The maximum atomic E-state index is 13.0. The van der Waals surface area contributed by atoms with E-state index in [-0.39, 0.29) is 11.1 Å². The van der Waals surface area contributed by atoms with E-state index < -0.39 is 17.8 Å². The van der Waals surface area contributed by atoms with E-state index >= 15 is 0 Å². The Hall–Kier alpha value is -3.67. The minimum Gasteiger partial charge on any atom is -0.363 e. The summed E-state index contributed by atoms with van der Waals surface area (Å²) in [6, 6.07) is 13.7. The summed E-state index contributed by atoms with van der Waals surface area (Å²) in [5.74, 6) is -1.33. The second-order valence-electron chi connectivity index (χ2n) is 8.30. The van der Waals surface area contributed by atoms with Gasteiger partial charge in [0.2, 0.25) is 0 Å². The highest BCUT2D eigenvalue weighted by Gasteiger charge is 2.37. The van der Waals surface area contributed by atoms with E-state index in [2.05, 4.69) is 44.0 Å². The van der Waals surface area contributed by atoms with E-state index in [1.807, 2.05) is 18.2 Å². The number of hydrogen-bond acceptors (Lipinski definition) is 4. The lowest BCUT2D eigenvalue weighted by atomic mass is 9.88. The van der Waals surface area contributed by atoms with Crippen LogP contribution in [-0.4, -0.2) is 29.9 Å². The molecule has 4 rings (SSSR count). The smallest absolute Gasteiger partial charge is 0.335 e. The molecule has 1 N–H and O–H groups in total. The van der Waals surface area contributed by atoms with Gasteiger partial charge in [-0.2, -0.15) is 0 Å². The normalized spacial score (nSPS) is 19.3. The molecule has 31 heavy (non-hydrogen) atoms. The van der Waals surface area contributed by atoms with E-state index in [0.29, 0.717) is 5.69 Å². The number of imide groups is 2. The molecule has 0 aliphatic carbocycles. The molecule has 1 fully saturated rings. The van der Waals surface area contributed by atoms with Crippen molar-refractivity contribution in [2.24, 2.45) is 0 Å². The Morgan fingerprint density at radius 1 is 1.03 bits per heavy atom. The SMILES string of the molecule is CCN1c2ccc(/C=C3/C(=O)NC(=O)N(c4ccccc4)C3=O)cc2C(C)=CC1(C)C. The lowest BCUT2D eigenvalue weighted by Crippen LogP contribution is -2.54. The van der Waals surface area contributed by atoms with E-state index in [0.717, 1.165) is 33.8 Å². The predicted molar refractivity (Wildman–Crippen MR) is 123 cm³/mol. The van der Waals surface area contributed by atoms with Crippen LogP contribution in [0.5, 0.6) is 0 Å². The molecule has 6 heteroatoms. The second-order valence-corrected chi connectivity index (χ2v) is 8.30. The number of nitrogens with zero attached hydrogens (tertiary/aromatic N) is 2. The van der Waals surface area contributed by atoms with E-state index in [1.165, 1.54) is 0 Å². The standard InChI is InChI=1S/C25H25N3O3/c1-5-27-21-12-11-17(13-19(21)16(2)15-25(27,3)4)14-20-22(29)26-24(31)28(23(20)30)18-9-7-6-8-10-18/h6-15H,5H2,1-4H3,(H,26,29,31)/b20-14-. The van der Waals surface area contributed by atoms with Crippen molar-refractivity contribution < 1.29 is 14.4 Å². The molecule has 2 aliphatic rings. The van der Waals surface area contributed by atoms with E-state index in [9.17, 15) is 14.4 Å². The summed E-state index contributed by atoms with van der Waals surface area (Å²) in [7, 11) is 0. The van der Waals surface area contributed by atoms with Crippen LogP contribution in [0.15, 0.2) is 60.2 Å². The van der Waals surface area contributed by atoms with Gasteiger partial charge in [0, 0.05) is 17.8 Å². The molecule has 6 nitrogen and oxygen atoms in total. The van der Waals surface area contributed by atoms with Gasteiger partial charge in [-0.1, -0.05) is 30.3 Å². The Bertz CT molecular complexity index is 1150. The molecular weight excluding hydrogens is 390 g/mol. The number of hydrogen-bond donors (Lipinski definition) is 1. The van der Waals surface area contributed by atoms with Gasteiger partial charge < -0.3 is 4.90 Å². The lowest BCUT2D eigenvalue weighted by molar-refractivity contribution is -0.122. The number of carbonyl (C=O) groups is 3. The number of fused-ring (bicyclic) bond motifs is 1. The first kappa shape index (κ1) is 20.6. The average molecular weight is 415 g/mol. The summed E-state index contributed by atoms with van der Waals surface area (Å²) in [5, 5.41) is 2.27. The molecule has 2 aliphatic heterocycles. The van der Waals surface area contributed by atoms with Gasteiger partial charge >= 0.3 is 6.03 Å². The molecule has 2 aromatic carbocycles. The molecule has 0 radical (unpaired) electrons. The summed E-state index contributed by atoms with van der Waals surface area (Å²) >= 11 is 0. The van der Waals surface area contributed by atoms with Crippen molar-refractivity contribution in [3.63, 3.8) is 0 Å². The van der Waals surface area contributed by atoms with Gasteiger partial charge in [-0.05, 0) is 69.2 Å². The van der Waals surface area contributed by atoms with Gasteiger partial charge in [0.05, 0.1) is 11.2 Å². The third-order valence-electron chi connectivity index (χ3n) is 5.74. The van der Waals surface area contributed by atoms with Crippen molar-refractivity contribution >= 4 is 40.9 Å². The fraction of sp³-hybridized carbons (Fsp3) is 0.240. The van der Waals surface area contributed by atoms with Crippen molar-refractivity contribution in [2.75, 3.05) is 16.3 Å². The van der Waals surface area contributed by atoms with Crippen LogP contribution in [0.1, 0.15) is 38.8 Å². The third-order valence-corrected chi connectivity index (χ3v) is 5.74. The van der Waals surface area contributed by atoms with Crippen molar-refractivity contribution in [1.82, 2.24) is 5.32 Å². The summed E-state index contributed by atoms with van der Waals surface area (Å²) in [5.41, 5.74) is 4.29. The molecule has 0 bridgehead atoms. The van der Waals surface area contributed by atoms with E-state index in [4.69, 9.17) is 0 Å². The van der Waals surface area contributed by atoms with Crippen molar-refractivity contribution in [3.8, 4) is 0 Å². The molecule has 0 atom stereocenters. The summed E-state index contributed by atoms with van der Waals surface area (Å²) < 4.78 is 0. The molecule has 158 valence electrons. The van der Waals surface area contributed by atoms with Crippen LogP contribution < -0.4 is 15.1 Å². The zero-order chi connectivity index (χ0) is 22.3. The van der Waals surface area contributed by atoms with Crippen LogP contribution in [0.25, 0.3) is 11.6 Å². The van der Waals surface area contributed by atoms with Crippen LogP contribution in [-0.2, 0) is 9.59 Å². The zero-order valence-electron chi connectivity index (χ0n) is 18.1. The van der Waals surface area contributed by atoms with Crippen LogP contribution >= 0.6 is 0 Å². The molecule has 0 unspecified atom stereocenters. The predicted octanol–water partition coefficient (Wildman–Crippen LogP) is 4.37. The summed E-state index contributed by atoms with van der Waals surface area (Å²) in [6.07, 6.45) is 3.77. The molecule has 0 saturated carbocycles. The molecular formula is C25H25N3O3. The highest BCUT2D eigenvalue weighted by Crippen LogP contribution is 2.39. The highest BCUT2D eigenvalue weighted by molar-refractivity contribution is 6.39. The van der Waals surface area contributed by atoms with Crippen LogP contribution in [0.3, 0.4) is 0 Å². The number of rotatable bonds is 3. The first-order valence-corrected chi connectivity index (χ1v) is 10.3. The Kier molecular flexibility index (Phi) is 5.01. The van der Waals surface area contributed by atoms with Crippen LogP contribution in [0, 0.1) is 0 Å². The number of para-hydroxylation sites is 1. The van der Waals surface area contributed by atoms with Gasteiger partial charge in [-0.25, -0.2) is 9.69 Å². The number of carbonyl (C=O) groups excluding carboxylic acids is 3. The number of benzene rings is 2. The first-order valence-electron chi connectivity index (χ1n) is 10.3. The summed E-state index contributed by atoms with van der Waals surface area (Å²) in [4.78, 5) is 41.1. The second kappa shape index (κ2) is 7.54. The number of amides is 4. The monoisotopic (exact) mass is 415 g/mol. The molecule has 4 amide bonds. The minimum atomic E-state index is -0.747. The Balaban J connectivity index is 1.75. The number of urea groups is 1. The molecule has 2 aromatic rings. The summed E-state index contributed by atoms with van der Waals surface area (Å²) in [6.45, 7) is 9.41. The number of anilines is 2. The first-order chi connectivity index (χ1) is 14.7. The number of barbiturate groups is 1. The van der Waals surface area contributed by atoms with Crippen LogP contribution in [0.2, 0.25) is 0 Å². The van der Waals surface area contributed by atoms with Gasteiger partial charge in [0.25, 0.3) is 11.8 Å². The van der Waals surface area contributed by atoms with Crippen molar-refractivity contribution in [1.29, 1.82) is 0 Å². The van der Waals surface area contributed by atoms with Gasteiger partial charge in [-0.15, -0.1) is 0 Å². The number of likely N-dealkylation sites (N-methyl/N-ethyl adjacent to an activating group) is 1. The van der Waals surface area contributed by atoms with Gasteiger partial charge in [-0.3, -0.25) is 14.9 Å². The topological polar surface area (TPSA) is 69.7 Å². The van der Waals surface area contributed by atoms with Gasteiger partial charge in [0.1, 0.15) is 5.57 Å². The third kappa shape index (κ3) is 3.54. The highest BCUT2D eigenvalue weighted by atomic mass is 16.2. The van der Waals surface area contributed by atoms with Crippen molar-refractivity contribution in [3.05, 3.63) is 71.3 Å². The number of allylic oxidation sites excluding steroid dienone is 1.